The van der Waals surface area contributed by atoms with E-state index in [0.29, 0.717) is 12.0 Å². The molecule has 0 bridgehead atoms. The van der Waals surface area contributed by atoms with E-state index in [1.165, 1.54) is 23.8 Å². The second kappa shape index (κ2) is 6.67. The summed E-state index contributed by atoms with van der Waals surface area (Å²) in [5.74, 6) is 0.689. The van der Waals surface area contributed by atoms with Gasteiger partial charge in [0.25, 0.3) is 0 Å². The van der Waals surface area contributed by atoms with E-state index in [1.54, 1.807) is 0 Å². The van der Waals surface area contributed by atoms with Crippen LogP contribution in [0.3, 0.4) is 0 Å². The van der Waals surface area contributed by atoms with E-state index in [1.807, 2.05) is 12.3 Å². The second-order valence-electron chi connectivity index (χ2n) is 5.07. The van der Waals surface area contributed by atoms with Crippen LogP contribution in [0.4, 0.5) is 0 Å². The Labute approximate surface area is 116 Å². The summed E-state index contributed by atoms with van der Waals surface area (Å²) in [6, 6.07) is 11.2. The Morgan fingerprint density at radius 3 is 2.58 bits per heavy atom. The molecular formula is C17H24N2. The summed E-state index contributed by atoms with van der Waals surface area (Å²) in [5, 5.41) is 4.88. The maximum atomic E-state index is 4.39. The zero-order valence-electron chi connectivity index (χ0n) is 12.2. The lowest BCUT2D eigenvalue weighted by Gasteiger charge is -2.26. The lowest BCUT2D eigenvalue weighted by molar-refractivity contribution is 0.347. The van der Waals surface area contributed by atoms with Crippen molar-refractivity contribution in [1.82, 2.24) is 10.3 Å². The van der Waals surface area contributed by atoms with Crippen molar-refractivity contribution in [2.45, 2.75) is 39.7 Å². The van der Waals surface area contributed by atoms with Crippen LogP contribution in [0.1, 0.15) is 45.2 Å². The molecule has 1 aromatic carbocycles. The quantitative estimate of drug-likeness (QED) is 0.832. The number of aromatic nitrogens is 1. The predicted molar refractivity (Wildman–Crippen MR) is 82.2 cm³/mol. The molecule has 0 aliphatic rings. The van der Waals surface area contributed by atoms with E-state index in [4.69, 9.17) is 0 Å². The van der Waals surface area contributed by atoms with Gasteiger partial charge in [-0.1, -0.05) is 45.7 Å². The molecule has 0 aliphatic carbocycles. The number of hydrogen-bond donors (Lipinski definition) is 1. The molecule has 1 heterocycles. The van der Waals surface area contributed by atoms with Gasteiger partial charge in [-0.2, -0.15) is 0 Å². The van der Waals surface area contributed by atoms with Crippen LogP contribution in [0.25, 0.3) is 10.9 Å². The van der Waals surface area contributed by atoms with Crippen LogP contribution in [-0.2, 0) is 0 Å². The molecule has 0 saturated heterocycles. The van der Waals surface area contributed by atoms with Gasteiger partial charge in [0.05, 0.1) is 5.52 Å². The van der Waals surface area contributed by atoms with Gasteiger partial charge in [0.1, 0.15) is 0 Å². The SMILES string of the molecule is CCNC(c1ccc2ncccc2c1)C(CC)CC. The van der Waals surface area contributed by atoms with Crippen LogP contribution in [0.15, 0.2) is 36.5 Å². The van der Waals surface area contributed by atoms with E-state index in [2.05, 4.69) is 55.3 Å². The van der Waals surface area contributed by atoms with Crippen molar-refractivity contribution in [3.63, 3.8) is 0 Å². The van der Waals surface area contributed by atoms with Crippen molar-refractivity contribution >= 4 is 10.9 Å². The highest BCUT2D eigenvalue weighted by Crippen LogP contribution is 2.29. The second-order valence-corrected chi connectivity index (χ2v) is 5.07. The standard InChI is InChI=1S/C17H24N2/c1-4-13(5-2)17(18-6-3)15-9-10-16-14(12-15)8-7-11-19-16/h7-13,17-18H,4-6H2,1-3H3. The molecule has 1 unspecified atom stereocenters. The molecule has 0 fully saturated rings. The summed E-state index contributed by atoms with van der Waals surface area (Å²) in [6.45, 7) is 7.74. The van der Waals surface area contributed by atoms with Crippen molar-refractivity contribution in [1.29, 1.82) is 0 Å². The number of rotatable bonds is 6. The molecule has 2 nitrogen and oxygen atoms in total. The summed E-state index contributed by atoms with van der Waals surface area (Å²) < 4.78 is 0. The molecule has 2 aromatic rings. The summed E-state index contributed by atoms with van der Waals surface area (Å²) in [5.41, 5.74) is 2.46. The van der Waals surface area contributed by atoms with Gasteiger partial charge in [0, 0.05) is 17.6 Å². The minimum Gasteiger partial charge on any atom is -0.310 e. The maximum absolute atomic E-state index is 4.39. The van der Waals surface area contributed by atoms with Gasteiger partial charge >= 0.3 is 0 Å². The molecule has 1 atom stereocenters. The first kappa shape index (κ1) is 14.0. The molecule has 2 rings (SSSR count). The molecule has 0 spiro atoms. The Bertz CT molecular complexity index is 517. The van der Waals surface area contributed by atoms with E-state index in [0.717, 1.165) is 12.1 Å². The van der Waals surface area contributed by atoms with Crippen molar-refractivity contribution < 1.29 is 0 Å². The Morgan fingerprint density at radius 1 is 1.11 bits per heavy atom. The van der Waals surface area contributed by atoms with Crippen molar-refractivity contribution in [3.05, 3.63) is 42.1 Å². The highest BCUT2D eigenvalue weighted by molar-refractivity contribution is 5.79. The van der Waals surface area contributed by atoms with E-state index < -0.39 is 0 Å². The third-order valence-electron chi connectivity index (χ3n) is 3.93. The number of fused-ring (bicyclic) bond motifs is 1. The normalized spacial score (nSPS) is 13.1. The summed E-state index contributed by atoms with van der Waals surface area (Å²) in [6.07, 6.45) is 4.27. The predicted octanol–water partition coefficient (Wildman–Crippen LogP) is 4.32. The lowest BCUT2D eigenvalue weighted by atomic mass is 9.88. The van der Waals surface area contributed by atoms with Gasteiger partial charge in [0.2, 0.25) is 0 Å². The van der Waals surface area contributed by atoms with E-state index >= 15 is 0 Å². The van der Waals surface area contributed by atoms with Gasteiger partial charge in [-0.3, -0.25) is 4.98 Å². The fourth-order valence-corrected chi connectivity index (χ4v) is 2.82. The fourth-order valence-electron chi connectivity index (χ4n) is 2.82. The van der Waals surface area contributed by atoms with Crippen molar-refractivity contribution in [3.8, 4) is 0 Å². The van der Waals surface area contributed by atoms with Gasteiger partial charge in [-0.25, -0.2) is 0 Å². The minimum absolute atomic E-state index is 0.449. The Morgan fingerprint density at radius 2 is 1.89 bits per heavy atom. The minimum atomic E-state index is 0.449. The molecule has 1 N–H and O–H groups in total. The van der Waals surface area contributed by atoms with E-state index in [-0.39, 0.29) is 0 Å². The third kappa shape index (κ3) is 3.13. The first-order chi connectivity index (χ1) is 9.30. The maximum Gasteiger partial charge on any atom is 0.0702 e. The Balaban J connectivity index is 2.37. The highest BCUT2D eigenvalue weighted by atomic mass is 14.9. The zero-order chi connectivity index (χ0) is 13.7. The number of nitrogens with zero attached hydrogens (tertiary/aromatic N) is 1. The topological polar surface area (TPSA) is 24.9 Å². The van der Waals surface area contributed by atoms with Gasteiger partial charge in [0.15, 0.2) is 0 Å². The first-order valence-electron chi connectivity index (χ1n) is 7.38. The van der Waals surface area contributed by atoms with Gasteiger partial charge < -0.3 is 5.32 Å². The monoisotopic (exact) mass is 256 g/mol. The van der Waals surface area contributed by atoms with Crippen LogP contribution in [0, 0.1) is 5.92 Å². The number of benzene rings is 1. The molecule has 1 aromatic heterocycles. The van der Waals surface area contributed by atoms with Crippen molar-refractivity contribution in [2.24, 2.45) is 5.92 Å². The van der Waals surface area contributed by atoms with Gasteiger partial charge in [-0.15, -0.1) is 0 Å². The van der Waals surface area contributed by atoms with E-state index in [9.17, 15) is 0 Å². The molecule has 19 heavy (non-hydrogen) atoms. The molecule has 2 heteroatoms. The van der Waals surface area contributed by atoms with Crippen LogP contribution < -0.4 is 5.32 Å². The number of pyridine rings is 1. The molecule has 102 valence electrons. The molecule has 0 amide bonds. The molecule has 0 aliphatic heterocycles. The van der Waals surface area contributed by atoms with Crippen LogP contribution in [0.2, 0.25) is 0 Å². The average Bonchev–Trinajstić information content (AvgIpc) is 2.47. The number of hydrogen-bond acceptors (Lipinski definition) is 2. The van der Waals surface area contributed by atoms with Crippen LogP contribution in [0.5, 0.6) is 0 Å². The van der Waals surface area contributed by atoms with Gasteiger partial charge in [-0.05, 0) is 36.2 Å². The van der Waals surface area contributed by atoms with Crippen molar-refractivity contribution in [2.75, 3.05) is 6.54 Å². The van der Waals surface area contributed by atoms with Crippen LogP contribution >= 0.6 is 0 Å². The third-order valence-corrected chi connectivity index (χ3v) is 3.93. The Kier molecular flexibility index (Phi) is 4.92. The summed E-state index contributed by atoms with van der Waals surface area (Å²) in [4.78, 5) is 4.39. The zero-order valence-corrected chi connectivity index (χ0v) is 12.2. The first-order valence-corrected chi connectivity index (χ1v) is 7.38. The highest BCUT2D eigenvalue weighted by Gasteiger charge is 2.19. The number of nitrogens with one attached hydrogen (secondary N) is 1. The smallest absolute Gasteiger partial charge is 0.0702 e. The average molecular weight is 256 g/mol. The largest absolute Gasteiger partial charge is 0.310 e. The molecule has 0 radical (unpaired) electrons. The summed E-state index contributed by atoms with van der Waals surface area (Å²) >= 11 is 0. The summed E-state index contributed by atoms with van der Waals surface area (Å²) in [7, 11) is 0. The lowest BCUT2D eigenvalue weighted by Crippen LogP contribution is -2.27. The van der Waals surface area contributed by atoms with Crippen LogP contribution in [-0.4, -0.2) is 11.5 Å². The Hall–Kier alpha value is -1.41. The molecule has 0 saturated carbocycles. The molecular weight excluding hydrogens is 232 g/mol. The fraction of sp³-hybridized carbons (Fsp3) is 0.471.